The van der Waals surface area contributed by atoms with Gasteiger partial charge in [-0.15, -0.1) is 0 Å². The van der Waals surface area contributed by atoms with Crippen molar-refractivity contribution in [1.29, 1.82) is 0 Å². The predicted molar refractivity (Wildman–Crippen MR) is 71.3 cm³/mol. The highest BCUT2D eigenvalue weighted by atomic mass is 16.3. The van der Waals surface area contributed by atoms with Crippen LogP contribution < -0.4 is 5.32 Å². The second kappa shape index (κ2) is 4.91. The van der Waals surface area contributed by atoms with Gasteiger partial charge in [0.05, 0.1) is 0 Å². The highest BCUT2D eigenvalue weighted by Gasteiger charge is 1.99. The van der Waals surface area contributed by atoms with Crippen LogP contribution in [0.25, 0.3) is 0 Å². The molecular formula is C15H17NO. The van der Waals surface area contributed by atoms with Gasteiger partial charge in [-0.2, -0.15) is 0 Å². The van der Waals surface area contributed by atoms with E-state index in [1.54, 1.807) is 12.1 Å². The highest BCUT2D eigenvalue weighted by Crippen LogP contribution is 2.17. The van der Waals surface area contributed by atoms with Gasteiger partial charge < -0.3 is 10.4 Å². The van der Waals surface area contributed by atoms with Crippen LogP contribution in [0.15, 0.2) is 42.5 Å². The molecule has 0 aliphatic rings. The van der Waals surface area contributed by atoms with Crippen molar-refractivity contribution in [3.05, 3.63) is 59.2 Å². The molecule has 2 N–H and O–H groups in total. The third-order valence-electron chi connectivity index (χ3n) is 2.83. The van der Waals surface area contributed by atoms with Crippen LogP contribution in [0, 0.1) is 13.8 Å². The second-order valence-corrected chi connectivity index (χ2v) is 4.33. The monoisotopic (exact) mass is 227 g/mol. The first-order valence-corrected chi connectivity index (χ1v) is 5.74. The smallest absolute Gasteiger partial charge is 0.117 e. The molecule has 0 spiro atoms. The van der Waals surface area contributed by atoms with E-state index >= 15 is 0 Å². The van der Waals surface area contributed by atoms with Crippen molar-refractivity contribution in [1.82, 2.24) is 0 Å². The van der Waals surface area contributed by atoms with E-state index in [0.29, 0.717) is 0 Å². The van der Waals surface area contributed by atoms with Crippen molar-refractivity contribution < 1.29 is 5.11 Å². The molecule has 2 rings (SSSR count). The van der Waals surface area contributed by atoms with Crippen molar-refractivity contribution in [2.75, 3.05) is 5.32 Å². The Kier molecular flexibility index (Phi) is 3.33. The number of aryl methyl sites for hydroxylation is 2. The summed E-state index contributed by atoms with van der Waals surface area (Å²) in [7, 11) is 0. The number of phenols is 1. The molecule has 0 bridgehead atoms. The minimum absolute atomic E-state index is 0.288. The van der Waals surface area contributed by atoms with E-state index in [0.717, 1.165) is 12.2 Å². The predicted octanol–water partition coefficient (Wildman–Crippen LogP) is 3.62. The maximum Gasteiger partial charge on any atom is 0.117 e. The Morgan fingerprint density at radius 3 is 2.59 bits per heavy atom. The first-order chi connectivity index (χ1) is 8.15. The SMILES string of the molecule is Cc1ccc(CNc2cccc(O)c2)c(C)c1. The first kappa shape index (κ1) is 11.5. The van der Waals surface area contributed by atoms with Crippen LogP contribution in [-0.2, 0) is 6.54 Å². The Labute approximate surface area is 102 Å². The number of nitrogens with one attached hydrogen (secondary N) is 1. The molecule has 2 aromatic rings. The number of rotatable bonds is 3. The largest absolute Gasteiger partial charge is 0.508 e. The van der Waals surface area contributed by atoms with E-state index in [4.69, 9.17) is 0 Å². The Morgan fingerprint density at radius 1 is 1.06 bits per heavy atom. The molecule has 0 aliphatic carbocycles. The van der Waals surface area contributed by atoms with Crippen LogP contribution >= 0.6 is 0 Å². The summed E-state index contributed by atoms with van der Waals surface area (Å²) in [5.41, 5.74) is 4.78. The second-order valence-electron chi connectivity index (χ2n) is 4.33. The van der Waals surface area contributed by atoms with Crippen molar-refractivity contribution in [2.24, 2.45) is 0 Å². The summed E-state index contributed by atoms with van der Waals surface area (Å²) in [6.45, 7) is 4.99. The van der Waals surface area contributed by atoms with Gasteiger partial charge in [0.1, 0.15) is 5.75 Å². The summed E-state index contributed by atoms with van der Waals surface area (Å²) >= 11 is 0. The molecule has 0 saturated carbocycles. The summed E-state index contributed by atoms with van der Waals surface area (Å²) < 4.78 is 0. The van der Waals surface area contributed by atoms with Gasteiger partial charge in [0.15, 0.2) is 0 Å². The fraction of sp³-hybridized carbons (Fsp3) is 0.200. The number of hydrogen-bond acceptors (Lipinski definition) is 2. The average Bonchev–Trinajstić information content (AvgIpc) is 2.28. The molecule has 0 unspecified atom stereocenters. The number of aromatic hydroxyl groups is 1. The fourth-order valence-corrected chi connectivity index (χ4v) is 1.86. The van der Waals surface area contributed by atoms with Gasteiger partial charge >= 0.3 is 0 Å². The van der Waals surface area contributed by atoms with Gasteiger partial charge in [-0.05, 0) is 37.1 Å². The van der Waals surface area contributed by atoms with Crippen LogP contribution in [0.3, 0.4) is 0 Å². The van der Waals surface area contributed by atoms with Crippen LogP contribution in [-0.4, -0.2) is 5.11 Å². The molecule has 0 aliphatic heterocycles. The molecule has 0 heterocycles. The Balaban J connectivity index is 2.07. The molecule has 0 atom stereocenters. The van der Waals surface area contributed by atoms with Crippen LogP contribution in [0.5, 0.6) is 5.75 Å². The number of anilines is 1. The van der Waals surface area contributed by atoms with E-state index in [2.05, 4.69) is 37.4 Å². The Bertz CT molecular complexity index is 520. The van der Waals surface area contributed by atoms with Gasteiger partial charge in [0, 0.05) is 18.3 Å². The van der Waals surface area contributed by atoms with Gasteiger partial charge in [0.25, 0.3) is 0 Å². The molecule has 88 valence electrons. The zero-order chi connectivity index (χ0) is 12.3. The van der Waals surface area contributed by atoms with Crippen LogP contribution in [0.1, 0.15) is 16.7 Å². The van der Waals surface area contributed by atoms with E-state index in [1.165, 1.54) is 16.7 Å². The van der Waals surface area contributed by atoms with Crippen molar-refractivity contribution in [3.8, 4) is 5.75 Å². The van der Waals surface area contributed by atoms with Crippen LogP contribution in [0.4, 0.5) is 5.69 Å². The normalized spacial score (nSPS) is 10.2. The lowest BCUT2D eigenvalue weighted by Crippen LogP contribution is -2.01. The van der Waals surface area contributed by atoms with Gasteiger partial charge in [0.2, 0.25) is 0 Å². The lowest BCUT2D eigenvalue weighted by Gasteiger charge is -2.10. The van der Waals surface area contributed by atoms with Gasteiger partial charge in [-0.1, -0.05) is 29.8 Å². The molecule has 0 radical (unpaired) electrons. The lowest BCUT2D eigenvalue weighted by molar-refractivity contribution is 0.475. The van der Waals surface area contributed by atoms with E-state index in [9.17, 15) is 5.11 Å². The van der Waals surface area contributed by atoms with E-state index < -0.39 is 0 Å². The molecule has 2 aromatic carbocycles. The Morgan fingerprint density at radius 2 is 1.88 bits per heavy atom. The first-order valence-electron chi connectivity index (χ1n) is 5.74. The summed E-state index contributed by atoms with van der Waals surface area (Å²) in [6, 6.07) is 13.6. The zero-order valence-corrected chi connectivity index (χ0v) is 10.2. The van der Waals surface area contributed by atoms with Crippen molar-refractivity contribution >= 4 is 5.69 Å². The summed E-state index contributed by atoms with van der Waals surface area (Å²) in [5, 5.41) is 12.7. The highest BCUT2D eigenvalue weighted by molar-refractivity contribution is 5.48. The summed E-state index contributed by atoms with van der Waals surface area (Å²) in [5.74, 6) is 0.288. The third-order valence-corrected chi connectivity index (χ3v) is 2.83. The summed E-state index contributed by atoms with van der Waals surface area (Å²) in [4.78, 5) is 0. The molecule has 0 fully saturated rings. The van der Waals surface area contributed by atoms with Crippen LogP contribution in [0.2, 0.25) is 0 Å². The molecular weight excluding hydrogens is 210 g/mol. The quantitative estimate of drug-likeness (QED) is 0.839. The molecule has 0 amide bonds. The zero-order valence-electron chi connectivity index (χ0n) is 10.2. The van der Waals surface area contributed by atoms with Crippen molar-refractivity contribution in [3.63, 3.8) is 0 Å². The average molecular weight is 227 g/mol. The van der Waals surface area contributed by atoms with Gasteiger partial charge in [-0.25, -0.2) is 0 Å². The maximum absolute atomic E-state index is 9.36. The van der Waals surface area contributed by atoms with E-state index in [-0.39, 0.29) is 5.75 Å². The molecule has 2 nitrogen and oxygen atoms in total. The molecule has 2 heteroatoms. The standard InChI is InChI=1S/C15H17NO/c1-11-6-7-13(12(2)8-11)10-16-14-4-3-5-15(17)9-14/h3-9,16-17H,10H2,1-2H3. The minimum atomic E-state index is 0.288. The number of phenolic OH excluding ortho intramolecular Hbond substituents is 1. The summed E-state index contributed by atoms with van der Waals surface area (Å²) in [6.07, 6.45) is 0. The maximum atomic E-state index is 9.36. The Hall–Kier alpha value is -1.96. The number of benzene rings is 2. The molecule has 0 aromatic heterocycles. The topological polar surface area (TPSA) is 32.3 Å². The number of hydrogen-bond donors (Lipinski definition) is 2. The van der Waals surface area contributed by atoms with E-state index in [1.807, 2.05) is 12.1 Å². The molecule has 0 saturated heterocycles. The molecule has 17 heavy (non-hydrogen) atoms. The van der Waals surface area contributed by atoms with Gasteiger partial charge in [-0.3, -0.25) is 0 Å². The van der Waals surface area contributed by atoms with Crippen molar-refractivity contribution in [2.45, 2.75) is 20.4 Å². The lowest BCUT2D eigenvalue weighted by atomic mass is 10.1. The minimum Gasteiger partial charge on any atom is -0.508 e. The fourth-order valence-electron chi connectivity index (χ4n) is 1.86. The third kappa shape index (κ3) is 3.00.